The summed E-state index contributed by atoms with van der Waals surface area (Å²) >= 11 is 3.28. The van der Waals surface area contributed by atoms with Crippen LogP contribution in [0.15, 0.2) is 22.7 Å². The first kappa shape index (κ1) is 11.4. The predicted molar refractivity (Wildman–Crippen MR) is 63.8 cm³/mol. The molecule has 1 aromatic carbocycles. The number of nitrogens with one attached hydrogen (secondary N) is 2. The highest BCUT2D eigenvalue weighted by molar-refractivity contribution is 9.10. The summed E-state index contributed by atoms with van der Waals surface area (Å²) < 4.78 is 13.7. The summed E-state index contributed by atoms with van der Waals surface area (Å²) in [5, 5.41) is 5.74. The highest BCUT2D eigenvalue weighted by Gasteiger charge is 2.22. The lowest BCUT2D eigenvalue weighted by molar-refractivity contribution is -0.119. The van der Waals surface area contributed by atoms with Crippen molar-refractivity contribution in [1.82, 2.24) is 5.32 Å². The molecule has 0 saturated heterocycles. The average Bonchev–Trinajstić information content (AvgIpc) is 3.03. The molecule has 0 aromatic heterocycles. The van der Waals surface area contributed by atoms with Gasteiger partial charge in [-0.2, -0.15) is 0 Å². The number of hydrogen-bond donors (Lipinski definition) is 2. The van der Waals surface area contributed by atoms with Gasteiger partial charge in [-0.05, 0) is 47.0 Å². The Morgan fingerprint density at radius 2 is 2.25 bits per heavy atom. The smallest absolute Gasteiger partial charge is 0.239 e. The predicted octanol–water partition coefficient (Wildman–Crippen LogP) is 2.28. The molecule has 2 N–H and O–H groups in total. The Kier molecular flexibility index (Phi) is 3.43. The van der Waals surface area contributed by atoms with Crippen molar-refractivity contribution in [1.29, 1.82) is 0 Å². The molecule has 0 aliphatic heterocycles. The summed E-state index contributed by atoms with van der Waals surface area (Å²) in [5.41, 5.74) is 0.589. The molecular weight excluding hydrogens is 275 g/mol. The van der Waals surface area contributed by atoms with Crippen molar-refractivity contribution in [2.75, 3.05) is 11.9 Å². The standard InChI is InChI=1S/C11H12BrFN2O/c12-9-4-1-7(13)5-10(9)14-6-11(16)15-8-2-3-8/h1,4-5,8,14H,2-3,6H2,(H,15,16). The molecule has 5 heteroatoms. The molecule has 1 aliphatic carbocycles. The van der Waals surface area contributed by atoms with Gasteiger partial charge < -0.3 is 10.6 Å². The highest BCUT2D eigenvalue weighted by Crippen LogP contribution is 2.23. The Hall–Kier alpha value is -1.10. The van der Waals surface area contributed by atoms with Crippen LogP contribution in [0.25, 0.3) is 0 Å². The molecule has 1 saturated carbocycles. The lowest BCUT2D eigenvalue weighted by Gasteiger charge is -2.08. The Bertz CT molecular complexity index is 407. The van der Waals surface area contributed by atoms with E-state index in [9.17, 15) is 9.18 Å². The third-order valence-electron chi connectivity index (χ3n) is 2.31. The molecule has 0 atom stereocenters. The van der Waals surface area contributed by atoms with Gasteiger partial charge in [0.05, 0.1) is 12.2 Å². The summed E-state index contributed by atoms with van der Waals surface area (Å²) in [6.07, 6.45) is 2.13. The van der Waals surface area contributed by atoms with Gasteiger partial charge >= 0.3 is 0 Å². The molecule has 0 unspecified atom stereocenters. The Labute approximate surface area is 102 Å². The Balaban J connectivity index is 1.87. The van der Waals surface area contributed by atoms with Crippen molar-refractivity contribution in [3.8, 4) is 0 Å². The van der Waals surface area contributed by atoms with Crippen LogP contribution >= 0.6 is 15.9 Å². The van der Waals surface area contributed by atoms with Gasteiger partial charge in [0.2, 0.25) is 5.91 Å². The minimum Gasteiger partial charge on any atom is -0.375 e. The van der Waals surface area contributed by atoms with Crippen LogP contribution in [0.3, 0.4) is 0 Å². The molecule has 3 nitrogen and oxygen atoms in total. The molecule has 1 aliphatic rings. The maximum atomic E-state index is 12.9. The molecule has 86 valence electrons. The maximum absolute atomic E-state index is 12.9. The van der Waals surface area contributed by atoms with E-state index in [2.05, 4.69) is 26.6 Å². The van der Waals surface area contributed by atoms with Gasteiger partial charge in [0.25, 0.3) is 0 Å². The fourth-order valence-corrected chi connectivity index (χ4v) is 1.70. The number of hydrogen-bond acceptors (Lipinski definition) is 2. The van der Waals surface area contributed by atoms with Crippen LogP contribution in [-0.2, 0) is 4.79 Å². The van der Waals surface area contributed by atoms with Crippen LogP contribution in [0.5, 0.6) is 0 Å². The monoisotopic (exact) mass is 286 g/mol. The average molecular weight is 287 g/mol. The van der Waals surface area contributed by atoms with E-state index in [0.29, 0.717) is 11.7 Å². The van der Waals surface area contributed by atoms with Crippen molar-refractivity contribution in [3.05, 3.63) is 28.5 Å². The zero-order valence-corrected chi connectivity index (χ0v) is 10.2. The van der Waals surface area contributed by atoms with E-state index in [0.717, 1.165) is 17.3 Å². The number of carbonyl (C=O) groups excluding carboxylic acids is 1. The van der Waals surface area contributed by atoms with Gasteiger partial charge in [0.1, 0.15) is 5.82 Å². The van der Waals surface area contributed by atoms with E-state index in [-0.39, 0.29) is 18.3 Å². The summed E-state index contributed by atoms with van der Waals surface area (Å²) in [6.45, 7) is 0.165. The SMILES string of the molecule is O=C(CNc1cc(F)ccc1Br)NC1CC1. The van der Waals surface area contributed by atoms with E-state index in [4.69, 9.17) is 0 Å². The van der Waals surface area contributed by atoms with Crippen LogP contribution in [0.2, 0.25) is 0 Å². The van der Waals surface area contributed by atoms with Crippen LogP contribution < -0.4 is 10.6 Å². The molecule has 1 fully saturated rings. The van der Waals surface area contributed by atoms with E-state index in [1.807, 2.05) is 0 Å². The van der Waals surface area contributed by atoms with Gasteiger partial charge in [-0.3, -0.25) is 4.79 Å². The van der Waals surface area contributed by atoms with Gasteiger partial charge in [-0.25, -0.2) is 4.39 Å². The highest BCUT2D eigenvalue weighted by atomic mass is 79.9. The third kappa shape index (κ3) is 3.20. The van der Waals surface area contributed by atoms with Crippen molar-refractivity contribution in [2.24, 2.45) is 0 Å². The number of benzene rings is 1. The largest absolute Gasteiger partial charge is 0.375 e. The number of anilines is 1. The summed E-state index contributed by atoms with van der Waals surface area (Å²) in [5.74, 6) is -0.382. The maximum Gasteiger partial charge on any atom is 0.239 e. The quantitative estimate of drug-likeness (QED) is 0.892. The van der Waals surface area contributed by atoms with E-state index in [1.165, 1.54) is 12.1 Å². The van der Waals surface area contributed by atoms with Crippen LogP contribution in [0.4, 0.5) is 10.1 Å². The topological polar surface area (TPSA) is 41.1 Å². The first-order valence-electron chi connectivity index (χ1n) is 5.13. The fourth-order valence-electron chi connectivity index (χ4n) is 1.31. The number of amides is 1. The Morgan fingerprint density at radius 3 is 2.94 bits per heavy atom. The molecular formula is C11H12BrFN2O. The Morgan fingerprint density at radius 1 is 1.50 bits per heavy atom. The minimum absolute atomic E-state index is 0.0568. The molecule has 0 spiro atoms. The second kappa shape index (κ2) is 4.82. The lowest BCUT2D eigenvalue weighted by atomic mass is 10.3. The zero-order valence-electron chi connectivity index (χ0n) is 8.59. The first-order valence-corrected chi connectivity index (χ1v) is 5.93. The summed E-state index contributed by atoms with van der Waals surface area (Å²) in [7, 11) is 0. The second-order valence-corrected chi connectivity index (χ2v) is 4.67. The van der Waals surface area contributed by atoms with Gasteiger partial charge in [-0.1, -0.05) is 0 Å². The second-order valence-electron chi connectivity index (χ2n) is 3.82. The van der Waals surface area contributed by atoms with Crippen molar-refractivity contribution >= 4 is 27.5 Å². The minimum atomic E-state index is -0.326. The van der Waals surface area contributed by atoms with E-state index < -0.39 is 0 Å². The molecule has 2 rings (SSSR count). The molecule has 1 amide bonds. The van der Waals surface area contributed by atoms with Gasteiger partial charge in [-0.15, -0.1) is 0 Å². The number of carbonyl (C=O) groups is 1. The molecule has 0 radical (unpaired) electrons. The van der Waals surface area contributed by atoms with Gasteiger partial charge in [0, 0.05) is 10.5 Å². The molecule has 1 aromatic rings. The van der Waals surface area contributed by atoms with E-state index >= 15 is 0 Å². The van der Waals surface area contributed by atoms with Crippen LogP contribution in [-0.4, -0.2) is 18.5 Å². The van der Waals surface area contributed by atoms with E-state index in [1.54, 1.807) is 6.07 Å². The van der Waals surface area contributed by atoms with Crippen LogP contribution in [0.1, 0.15) is 12.8 Å². The third-order valence-corrected chi connectivity index (χ3v) is 3.00. The number of rotatable bonds is 4. The molecule has 0 heterocycles. The van der Waals surface area contributed by atoms with Crippen LogP contribution in [0, 0.1) is 5.82 Å². The summed E-state index contributed by atoms with van der Waals surface area (Å²) in [6, 6.07) is 4.68. The van der Waals surface area contributed by atoms with Crippen molar-refractivity contribution in [3.63, 3.8) is 0 Å². The summed E-state index contributed by atoms with van der Waals surface area (Å²) in [4.78, 5) is 11.4. The first-order chi connectivity index (χ1) is 7.65. The van der Waals surface area contributed by atoms with Gasteiger partial charge in [0.15, 0.2) is 0 Å². The normalized spacial score (nSPS) is 14.6. The lowest BCUT2D eigenvalue weighted by Crippen LogP contribution is -2.31. The molecule has 0 bridgehead atoms. The molecule has 16 heavy (non-hydrogen) atoms. The zero-order chi connectivity index (χ0) is 11.5. The number of halogens is 2. The van der Waals surface area contributed by atoms with Crippen molar-refractivity contribution < 1.29 is 9.18 Å². The fraction of sp³-hybridized carbons (Fsp3) is 0.364. The van der Waals surface area contributed by atoms with Crippen molar-refractivity contribution in [2.45, 2.75) is 18.9 Å².